The normalized spacial score (nSPS) is 18.8. The summed E-state index contributed by atoms with van der Waals surface area (Å²) in [5, 5.41) is 3.46. The fourth-order valence-electron chi connectivity index (χ4n) is 1.89. The molecule has 1 amide bonds. The third-order valence-corrected chi connectivity index (χ3v) is 3.16. The standard InChI is InChI=1S/C11H12Cl2N4O/c1-2-9(18)15-7-3-4-17(6-7)10-8(12)5-14-11(13)16-10/h2,5,7H,1,3-4,6H2,(H,15,18)/t7-/m1/s1. The fourth-order valence-corrected chi connectivity index (χ4v) is 2.23. The van der Waals surface area contributed by atoms with E-state index in [1.165, 1.54) is 12.3 Å². The highest BCUT2D eigenvalue weighted by Crippen LogP contribution is 2.26. The van der Waals surface area contributed by atoms with Crippen LogP contribution in [0.2, 0.25) is 10.3 Å². The zero-order chi connectivity index (χ0) is 13.1. The summed E-state index contributed by atoms with van der Waals surface area (Å²) >= 11 is 11.8. The largest absolute Gasteiger partial charge is 0.353 e. The molecule has 1 atom stereocenters. The molecule has 1 aromatic rings. The molecular formula is C11H12Cl2N4O. The Labute approximate surface area is 115 Å². The Hall–Kier alpha value is -1.33. The molecule has 96 valence electrons. The van der Waals surface area contributed by atoms with Crippen molar-refractivity contribution in [1.29, 1.82) is 0 Å². The molecule has 0 unspecified atom stereocenters. The van der Waals surface area contributed by atoms with Gasteiger partial charge in [0.2, 0.25) is 11.2 Å². The summed E-state index contributed by atoms with van der Waals surface area (Å²) in [5.41, 5.74) is 0. The van der Waals surface area contributed by atoms with Crippen molar-refractivity contribution in [3.63, 3.8) is 0 Å². The van der Waals surface area contributed by atoms with Crippen molar-refractivity contribution in [3.8, 4) is 0 Å². The quantitative estimate of drug-likeness (QED) is 0.678. The molecule has 5 nitrogen and oxygen atoms in total. The first-order valence-corrected chi connectivity index (χ1v) is 6.21. The zero-order valence-corrected chi connectivity index (χ0v) is 11.1. The maximum Gasteiger partial charge on any atom is 0.243 e. The number of nitrogens with one attached hydrogen (secondary N) is 1. The molecule has 0 aliphatic carbocycles. The molecule has 1 aliphatic heterocycles. The molecule has 18 heavy (non-hydrogen) atoms. The van der Waals surface area contributed by atoms with Crippen molar-refractivity contribution < 1.29 is 4.79 Å². The lowest BCUT2D eigenvalue weighted by molar-refractivity contribution is -0.117. The summed E-state index contributed by atoms with van der Waals surface area (Å²) in [4.78, 5) is 21.1. The number of aromatic nitrogens is 2. The summed E-state index contributed by atoms with van der Waals surface area (Å²) in [7, 11) is 0. The van der Waals surface area contributed by atoms with Crippen molar-refractivity contribution in [2.75, 3.05) is 18.0 Å². The van der Waals surface area contributed by atoms with E-state index in [1.54, 1.807) is 0 Å². The predicted molar refractivity (Wildman–Crippen MR) is 71.0 cm³/mol. The van der Waals surface area contributed by atoms with Gasteiger partial charge in [0, 0.05) is 19.1 Å². The number of rotatable bonds is 3. The number of anilines is 1. The molecule has 0 spiro atoms. The van der Waals surface area contributed by atoms with Gasteiger partial charge in [0.15, 0.2) is 5.82 Å². The van der Waals surface area contributed by atoms with E-state index in [0.717, 1.165) is 13.0 Å². The molecule has 0 aromatic carbocycles. The van der Waals surface area contributed by atoms with Crippen LogP contribution in [0.3, 0.4) is 0 Å². The molecule has 1 N–H and O–H groups in total. The summed E-state index contributed by atoms with van der Waals surface area (Å²) < 4.78 is 0. The van der Waals surface area contributed by atoms with Crippen LogP contribution in [0.15, 0.2) is 18.9 Å². The van der Waals surface area contributed by atoms with Gasteiger partial charge in [-0.25, -0.2) is 4.98 Å². The molecular weight excluding hydrogens is 275 g/mol. The van der Waals surface area contributed by atoms with Gasteiger partial charge in [0.1, 0.15) is 5.02 Å². The average molecular weight is 287 g/mol. The van der Waals surface area contributed by atoms with Crippen LogP contribution in [0.4, 0.5) is 5.82 Å². The summed E-state index contributed by atoms with van der Waals surface area (Å²) in [6.07, 6.45) is 3.57. The number of halogens is 2. The van der Waals surface area contributed by atoms with Crippen LogP contribution in [-0.2, 0) is 4.79 Å². The Bertz CT molecular complexity index is 480. The number of carbonyl (C=O) groups excluding carboxylic acids is 1. The maximum absolute atomic E-state index is 11.2. The van der Waals surface area contributed by atoms with Gasteiger partial charge in [-0.2, -0.15) is 4.98 Å². The Morgan fingerprint density at radius 2 is 2.39 bits per heavy atom. The minimum absolute atomic E-state index is 0.0697. The lowest BCUT2D eigenvalue weighted by Gasteiger charge is -2.18. The second-order valence-electron chi connectivity index (χ2n) is 3.95. The van der Waals surface area contributed by atoms with Crippen molar-refractivity contribution in [2.45, 2.75) is 12.5 Å². The van der Waals surface area contributed by atoms with Gasteiger partial charge >= 0.3 is 0 Å². The lowest BCUT2D eigenvalue weighted by Crippen LogP contribution is -2.36. The van der Waals surface area contributed by atoms with Crippen LogP contribution in [-0.4, -0.2) is 35.0 Å². The lowest BCUT2D eigenvalue weighted by atomic mass is 10.2. The Kier molecular flexibility index (Phi) is 4.04. The molecule has 0 bridgehead atoms. The average Bonchev–Trinajstić information content (AvgIpc) is 2.80. The molecule has 2 rings (SSSR count). The van der Waals surface area contributed by atoms with E-state index in [-0.39, 0.29) is 17.2 Å². The van der Waals surface area contributed by atoms with E-state index >= 15 is 0 Å². The predicted octanol–water partition coefficient (Wildman–Crippen LogP) is 1.66. The first-order valence-electron chi connectivity index (χ1n) is 5.46. The van der Waals surface area contributed by atoms with E-state index in [1.807, 2.05) is 4.90 Å². The van der Waals surface area contributed by atoms with Gasteiger partial charge in [-0.15, -0.1) is 0 Å². The first-order chi connectivity index (χ1) is 8.60. The van der Waals surface area contributed by atoms with Gasteiger partial charge < -0.3 is 10.2 Å². The minimum Gasteiger partial charge on any atom is -0.353 e. The maximum atomic E-state index is 11.2. The Morgan fingerprint density at radius 3 is 3.11 bits per heavy atom. The van der Waals surface area contributed by atoms with Crippen LogP contribution in [0.5, 0.6) is 0 Å². The van der Waals surface area contributed by atoms with Gasteiger partial charge in [-0.05, 0) is 24.1 Å². The number of hydrogen-bond donors (Lipinski definition) is 1. The second kappa shape index (κ2) is 5.54. The van der Waals surface area contributed by atoms with Crippen molar-refractivity contribution in [1.82, 2.24) is 15.3 Å². The molecule has 1 saturated heterocycles. The van der Waals surface area contributed by atoms with Gasteiger partial charge in [0.25, 0.3) is 0 Å². The topological polar surface area (TPSA) is 58.1 Å². The van der Waals surface area contributed by atoms with Crippen LogP contribution in [0, 0.1) is 0 Å². The highest BCUT2D eigenvalue weighted by molar-refractivity contribution is 6.33. The van der Waals surface area contributed by atoms with Gasteiger partial charge in [-0.1, -0.05) is 18.2 Å². The van der Waals surface area contributed by atoms with Crippen LogP contribution in [0.1, 0.15) is 6.42 Å². The molecule has 0 radical (unpaired) electrons. The molecule has 2 heterocycles. The Balaban J connectivity index is 2.06. The fraction of sp³-hybridized carbons (Fsp3) is 0.364. The molecule has 1 aromatic heterocycles. The van der Waals surface area contributed by atoms with E-state index in [4.69, 9.17) is 23.2 Å². The summed E-state index contributed by atoms with van der Waals surface area (Å²) in [5.74, 6) is 0.431. The minimum atomic E-state index is -0.173. The van der Waals surface area contributed by atoms with Gasteiger partial charge in [-0.3, -0.25) is 4.79 Å². The smallest absolute Gasteiger partial charge is 0.243 e. The third kappa shape index (κ3) is 2.91. The zero-order valence-electron chi connectivity index (χ0n) is 9.57. The van der Waals surface area contributed by atoms with Crippen LogP contribution < -0.4 is 10.2 Å². The van der Waals surface area contributed by atoms with Crippen molar-refractivity contribution >= 4 is 34.9 Å². The Morgan fingerprint density at radius 1 is 1.61 bits per heavy atom. The second-order valence-corrected chi connectivity index (χ2v) is 4.70. The number of nitrogens with zero attached hydrogens (tertiary/aromatic N) is 3. The molecule has 1 aliphatic rings. The number of amides is 1. The first kappa shape index (κ1) is 13.1. The summed E-state index contributed by atoms with van der Waals surface area (Å²) in [6, 6.07) is 0.0697. The van der Waals surface area contributed by atoms with E-state index < -0.39 is 0 Å². The number of hydrogen-bond acceptors (Lipinski definition) is 4. The summed E-state index contributed by atoms with van der Waals surface area (Å²) in [6.45, 7) is 4.83. The van der Waals surface area contributed by atoms with Crippen LogP contribution >= 0.6 is 23.2 Å². The van der Waals surface area contributed by atoms with Crippen LogP contribution in [0.25, 0.3) is 0 Å². The monoisotopic (exact) mass is 286 g/mol. The van der Waals surface area contributed by atoms with Crippen molar-refractivity contribution in [2.24, 2.45) is 0 Å². The molecule has 0 saturated carbocycles. The molecule has 7 heteroatoms. The van der Waals surface area contributed by atoms with E-state index in [0.29, 0.717) is 17.4 Å². The van der Waals surface area contributed by atoms with E-state index in [2.05, 4.69) is 21.9 Å². The number of carbonyl (C=O) groups is 1. The highest BCUT2D eigenvalue weighted by Gasteiger charge is 2.26. The molecule has 1 fully saturated rings. The van der Waals surface area contributed by atoms with Crippen molar-refractivity contribution in [3.05, 3.63) is 29.2 Å². The van der Waals surface area contributed by atoms with Gasteiger partial charge in [0.05, 0.1) is 6.20 Å². The SMILES string of the molecule is C=CC(=O)N[C@@H]1CCN(c2nc(Cl)ncc2Cl)C1. The highest BCUT2D eigenvalue weighted by atomic mass is 35.5. The van der Waals surface area contributed by atoms with E-state index in [9.17, 15) is 4.79 Å². The third-order valence-electron chi connectivity index (χ3n) is 2.72.